The number of hydrogen-bond acceptors (Lipinski definition) is 2. The van der Waals surface area contributed by atoms with E-state index in [1.165, 1.54) is 0 Å². The van der Waals surface area contributed by atoms with E-state index in [0.29, 0.717) is 6.54 Å². The molecule has 1 rings (SSSR count). The molecule has 0 unspecified atom stereocenters. The van der Waals surface area contributed by atoms with Crippen molar-refractivity contribution in [2.24, 2.45) is 5.73 Å². The standard InChI is InChI=1S/C11H23N3O/c1-2-3-7-13-9-5-10-14(11(13)15)8-4-6-12/h2-10,12H2,1H3. The molecule has 0 radical (unpaired) electrons. The molecule has 0 aromatic carbocycles. The summed E-state index contributed by atoms with van der Waals surface area (Å²) >= 11 is 0. The van der Waals surface area contributed by atoms with Crippen LogP contribution in [0.1, 0.15) is 32.6 Å². The zero-order valence-corrected chi connectivity index (χ0v) is 9.74. The number of urea groups is 1. The minimum absolute atomic E-state index is 0.211. The first-order valence-electron chi connectivity index (χ1n) is 6.03. The Morgan fingerprint density at radius 2 is 1.80 bits per heavy atom. The van der Waals surface area contributed by atoms with Crippen LogP contribution in [0, 0.1) is 0 Å². The number of carbonyl (C=O) groups is 1. The van der Waals surface area contributed by atoms with Crippen molar-refractivity contribution in [1.82, 2.24) is 9.80 Å². The summed E-state index contributed by atoms with van der Waals surface area (Å²) in [7, 11) is 0. The second-order valence-corrected chi connectivity index (χ2v) is 4.11. The zero-order valence-electron chi connectivity index (χ0n) is 9.74. The SMILES string of the molecule is CCCCN1CCCN(CCCN)C1=O. The van der Waals surface area contributed by atoms with E-state index < -0.39 is 0 Å². The second-order valence-electron chi connectivity index (χ2n) is 4.11. The Morgan fingerprint density at radius 1 is 1.20 bits per heavy atom. The molecular formula is C11H23N3O. The third-order valence-corrected chi connectivity index (χ3v) is 2.81. The number of unbranched alkanes of at least 4 members (excludes halogenated alkanes) is 1. The van der Waals surface area contributed by atoms with Gasteiger partial charge in [0.15, 0.2) is 0 Å². The van der Waals surface area contributed by atoms with Crippen molar-refractivity contribution in [3.05, 3.63) is 0 Å². The van der Waals surface area contributed by atoms with Gasteiger partial charge in [0, 0.05) is 26.2 Å². The lowest BCUT2D eigenvalue weighted by Crippen LogP contribution is -2.49. The van der Waals surface area contributed by atoms with Crippen LogP contribution in [0.5, 0.6) is 0 Å². The Labute approximate surface area is 92.4 Å². The highest BCUT2D eigenvalue weighted by molar-refractivity contribution is 5.75. The van der Waals surface area contributed by atoms with E-state index in [2.05, 4.69) is 6.92 Å². The first-order valence-corrected chi connectivity index (χ1v) is 6.03. The van der Waals surface area contributed by atoms with Crippen LogP contribution in [0.3, 0.4) is 0 Å². The summed E-state index contributed by atoms with van der Waals surface area (Å²) in [6.45, 7) is 6.38. The molecule has 0 aromatic rings. The van der Waals surface area contributed by atoms with E-state index >= 15 is 0 Å². The Hall–Kier alpha value is -0.770. The highest BCUT2D eigenvalue weighted by atomic mass is 16.2. The Morgan fingerprint density at radius 3 is 2.33 bits per heavy atom. The molecular weight excluding hydrogens is 190 g/mol. The largest absolute Gasteiger partial charge is 0.330 e. The van der Waals surface area contributed by atoms with Crippen LogP contribution in [0.2, 0.25) is 0 Å². The van der Waals surface area contributed by atoms with E-state index in [1.54, 1.807) is 0 Å². The van der Waals surface area contributed by atoms with Gasteiger partial charge in [-0.2, -0.15) is 0 Å². The molecule has 4 heteroatoms. The highest BCUT2D eigenvalue weighted by Gasteiger charge is 2.23. The van der Waals surface area contributed by atoms with Crippen LogP contribution in [0.25, 0.3) is 0 Å². The molecule has 2 N–H and O–H groups in total. The average Bonchev–Trinajstić information content (AvgIpc) is 2.26. The first-order chi connectivity index (χ1) is 7.29. The fourth-order valence-corrected chi connectivity index (χ4v) is 1.89. The van der Waals surface area contributed by atoms with Gasteiger partial charge in [0.1, 0.15) is 0 Å². The summed E-state index contributed by atoms with van der Waals surface area (Å²) in [6.07, 6.45) is 4.26. The van der Waals surface area contributed by atoms with Gasteiger partial charge >= 0.3 is 6.03 Å². The van der Waals surface area contributed by atoms with E-state index in [9.17, 15) is 4.79 Å². The number of nitrogens with zero attached hydrogens (tertiary/aromatic N) is 2. The molecule has 1 fully saturated rings. The van der Waals surface area contributed by atoms with Gasteiger partial charge in [-0.3, -0.25) is 0 Å². The van der Waals surface area contributed by atoms with Gasteiger partial charge in [0.2, 0.25) is 0 Å². The maximum absolute atomic E-state index is 11.9. The molecule has 2 amide bonds. The third-order valence-electron chi connectivity index (χ3n) is 2.81. The lowest BCUT2D eigenvalue weighted by atomic mass is 10.2. The molecule has 1 saturated heterocycles. The van der Waals surface area contributed by atoms with Crippen molar-refractivity contribution in [3.63, 3.8) is 0 Å². The van der Waals surface area contributed by atoms with E-state index in [4.69, 9.17) is 5.73 Å². The van der Waals surface area contributed by atoms with Gasteiger partial charge in [-0.15, -0.1) is 0 Å². The summed E-state index contributed by atoms with van der Waals surface area (Å²) in [4.78, 5) is 15.9. The summed E-state index contributed by atoms with van der Waals surface area (Å²) in [6, 6.07) is 0.211. The Bertz CT molecular complexity index is 178. The molecule has 88 valence electrons. The van der Waals surface area contributed by atoms with Gasteiger partial charge in [0.05, 0.1) is 0 Å². The monoisotopic (exact) mass is 213 g/mol. The van der Waals surface area contributed by atoms with Crippen LogP contribution in [0.15, 0.2) is 0 Å². The molecule has 0 aromatic heterocycles. The van der Waals surface area contributed by atoms with Gasteiger partial charge in [-0.25, -0.2) is 4.79 Å². The van der Waals surface area contributed by atoms with Crippen molar-refractivity contribution in [1.29, 1.82) is 0 Å². The molecule has 0 bridgehead atoms. The molecule has 1 heterocycles. The quantitative estimate of drug-likeness (QED) is 0.722. The molecule has 0 aliphatic carbocycles. The Balaban J connectivity index is 2.36. The number of carbonyl (C=O) groups excluding carboxylic acids is 1. The number of amides is 2. The van der Waals surface area contributed by atoms with Crippen LogP contribution >= 0.6 is 0 Å². The first kappa shape index (κ1) is 12.3. The molecule has 4 nitrogen and oxygen atoms in total. The summed E-state index contributed by atoms with van der Waals surface area (Å²) in [5.41, 5.74) is 5.45. The van der Waals surface area contributed by atoms with Crippen LogP contribution in [0.4, 0.5) is 4.79 Å². The van der Waals surface area contributed by atoms with E-state index in [1.807, 2.05) is 9.80 Å². The number of hydrogen-bond donors (Lipinski definition) is 1. The Kier molecular flexibility index (Phi) is 5.47. The smallest absolute Gasteiger partial charge is 0.320 e. The number of rotatable bonds is 6. The van der Waals surface area contributed by atoms with Gasteiger partial charge in [0.25, 0.3) is 0 Å². The van der Waals surface area contributed by atoms with E-state index in [0.717, 1.165) is 51.9 Å². The van der Waals surface area contributed by atoms with Crippen LogP contribution < -0.4 is 5.73 Å². The highest BCUT2D eigenvalue weighted by Crippen LogP contribution is 2.10. The third kappa shape index (κ3) is 3.70. The number of nitrogens with two attached hydrogens (primary N) is 1. The van der Waals surface area contributed by atoms with Crippen molar-refractivity contribution in [2.75, 3.05) is 32.7 Å². The van der Waals surface area contributed by atoms with Crippen LogP contribution in [-0.2, 0) is 0 Å². The minimum atomic E-state index is 0.211. The molecule has 1 aliphatic heterocycles. The lowest BCUT2D eigenvalue weighted by molar-refractivity contribution is 0.128. The normalized spacial score (nSPS) is 17.3. The zero-order chi connectivity index (χ0) is 11.1. The van der Waals surface area contributed by atoms with Crippen LogP contribution in [-0.4, -0.2) is 48.6 Å². The minimum Gasteiger partial charge on any atom is -0.330 e. The second kappa shape index (κ2) is 6.67. The van der Waals surface area contributed by atoms with Crippen molar-refractivity contribution in [2.45, 2.75) is 32.6 Å². The molecule has 1 aliphatic rings. The fraction of sp³-hybridized carbons (Fsp3) is 0.909. The maximum Gasteiger partial charge on any atom is 0.320 e. The molecule has 0 spiro atoms. The molecule has 15 heavy (non-hydrogen) atoms. The summed E-state index contributed by atoms with van der Waals surface area (Å²) in [5.74, 6) is 0. The van der Waals surface area contributed by atoms with Crippen molar-refractivity contribution < 1.29 is 4.79 Å². The predicted molar refractivity (Wildman–Crippen MR) is 61.7 cm³/mol. The summed E-state index contributed by atoms with van der Waals surface area (Å²) in [5, 5.41) is 0. The molecule has 0 saturated carbocycles. The van der Waals surface area contributed by atoms with Gasteiger partial charge < -0.3 is 15.5 Å². The van der Waals surface area contributed by atoms with Crippen molar-refractivity contribution >= 4 is 6.03 Å². The maximum atomic E-state index is 11.9. The molecule has 0 atom stereocenters. The predicted octanol–water partition coefficient (Wildman–Crippen LogP) is 1.26. The van der Waals surface area contributed by atoms with Gasteiger partial charge in [-0.1, -0.05) is 13.3 Å². The van der Waals surface area contributed by atoms with Gasteiger partial charge in [-0.05, 0) is 25.8 Å². The van der Waals surface area contributed by atoms with E-state index in [-0.39, 0.29) is 6.03 Å². The topological polar surface area (TPSA) is 49.6 Å². The fourth-order valence-electron chi connectivity index (χ4n) is 1.89. The summed E-state index contributed by atoms with van der Waals surface area (Å²) < 4.78 is 0. The lowest BCUT2D eigenvalue weighted by Gasteiger charge is -2.35. The van der Waals surface area contributed by atoms with Crippen molar-refractivity contribution in [3.8, 4) is 0 Å². The average molecular weight is 213 g/mol.